The molecule has 2 aliphatic heterocycles. The Morgan fingerprint density at radius 1 is 1.37 bits per heavy atom. The minimum absolute atomic E-state index is 0.0144. The summed E-state index contributed by atoms with van der Waals surface area (Å²) in [6.45, 7) is 9.33. The maximum Gasteiger partial charge on any atom is 0.191 e. The van der Waals surface area contributed by atoms with Gasteiger partial charge in [-0.2, -0.15) is 0 Å². The number of aliphatic hydroxyl groups is 1. The maximum absolute atomic E-state index is 9.39. The van der Waals surface area contributed by atoms with Crippen molar-refractivity contribution in [2.45, 2.75) is 39.2 Å². The molecule has 0 aliphatic carbocycles. The zero-order valence-electron chi connectivity index (χ0n) is 16.7. The number of nitrogens with one attached hydrogen (secondary N) is 2. The van der Waals surface area contributed by atoms with Crippen molar-refractivity contribution in [3.8, 4) is 0 Å². The highest BCUT2D eigenvalue weighted by molar-refractivity contribution is 5.79. The Balaban J connectivity index is 1.55. The number of aliphatic imine (C=N–C) groups is 1. The van der Waals surface area contributed by atoms with Gasteiger partial charge < -0.3 is 25.4 Å². The van der Waals surface area contributed by atoms with Gasteiger partial charge in [-0.3, -0.25) is 4.99 Å². The van der Waals surface area contributed by atoms with Crippen molar-refractivity contribution in [3.63, 3.8) is 0 Å². The van der Waals surface area contributed by atoms with E-state index in [1.54, 1.807) is 0 Å². The van der Waals surface area contributed by atoms with E-state index in [9.17, 15) is 5.11 Å². The van der Waals surface area contributed by atoms with Crippen molar-refractivity contribution in [2.24, 2.45) is 10.4 Å². The molecule has 0 spiro atoms. The molecule has 6 nitrogen and oxygen atoms in total. The Labute approximate surface area is 163 Å². The summed E-state index contributed by atoms with van der Waals surface area (Å²) >= 11 is 0. The van der Waals surface area contributed by atoms with Crippen LogP contribution in [0.25, 0.3) is 0 Å². The predicted octanol–water partition coefficient (Wildman–Crippen LogP) is 1.78. The quantitative estimate of drug-likeness (QED) is 0.478. The number of ether oxygens (including phenoxy) is 1. The van der Waals surface area contributed by atoms with Gasteiger partial charge in [-0.25, -0.2) is 0 Å². The zero-order valence-corrected chi connectivity index (χ0v) is 16.7. The van der Waals surface area contributed by atoms with Crippen LogP contribution in [0.2, 0.25) is 0 Å². The first-order valence-electron chi connectivity index (χ1n) is 10.2. The molecular formula is C21H34N4O2. The van der Waals surface area contributed by atoms with Gasteiger partial charge in [-0.1, -0.05) is 18.2 Å². The summed E-state index contributed by atoms with van der Waals surface area (Å²) in [5, 5.41) is 16.2. The fourth-order valence-electron chi connectivity index (χ4n) is 4.14. The molecular weight excluding hydrogens is 340 g/mol. The van der Waals surface area contributed by atoms with E-state index in [0.29, 0.717) is 19.2 Å². The average molecular weight is 375 g/mol. The van der Waals surface area contributed by atoms with Crippen molar-refractivity contribution < 1.29 is 9.84 Å². The SMILES string of the molecule is CCNC(=NCC1(CCO)CCOC1)NCCN1c2ccccc2CC1C. The van der Waals surface area contributed by atoms with Crippen LogP contribution in [-0.4, -0.2) is 63.1 Å². The Hall–Kier alpha value is -1.79. The minimum Gasteiger partial charge on any atom is -0.396 e. The largest absolute Gasteiger partial charge is 0.396 e. The Morgan fingerprint density at radius 3 is 2.96 bits per heavy atom. The van der Waals surface area contributed by atoms with E-state index in [1.807, 2.05) is 0 Å². The van der Waals surface area contributed by atoms with E-state index >= 15 is 0 Å². The van der Waals surface area contributed by atoms with Crippen molar-refractivity contribution >= 4 is 11.6 Å². The summed E-state index contributed by atoms with van der Waals surface area (Å²) in [6, 6.07) is 9.23. The molecule has 0 saturated carbocycles. The van der Waals surface area contributed by atoms with Gasteiger partial charge in [-0.15, -0.1) is 0 Å². The van der Waals surface area contributed by atoms with Crippen molar-refractivity contribution in [1.29, 1.82) is 0 Å². The monoisotopic (exact) mass is 374 g/mol. The Bertz CT molecular complexity index is 628. The van der Waals surface area contributed by atoms with Crippen LogP contribution in [0, 0.1) is 5.41 Å². The van der Waals surface area contributed by atoms with Crippen LogP contribution >= 0.6 is 0 Å². The van der Waals surface area contributed by atoms with E-state index in [4.69, 9.17) is 9.73 Å². The highest BCUT2D eigenvalue weighted by Gasteiger charge is 2.34. The minimum atomic E-state index is -0.0144. The van der Waals surface area contributed by atoms with E-state index in [-0.39, 0.29) is 12.0 Å². The Morgan fingerprint density at radius 2 is 2.22 bits per heavy atom. The number of rotatable bonds is 8. The molecule has 0 bridgehead atoms. The lowest BCUT2D eigenvalue weighted by Crippen LogP contribution is -2.43. The average Bonchev–Trinajstić information content (AvgIpc) is 3.25. The summed E-state index contributed by atoms with van der Waals surface area (Å²) in [4.78, 5) is 7.27. The lowest BCUT2D eigenvalue weighted by Gasteiger charge is -2.26. The van der Waals surface area contributed by atoms with Crippen LogP contribution in [0.3, 0.4) is 0 Å². The molecule has 1 saturated heterocycles. The summed E-state index contributed by atoms with van der Waals surface area (Å²) in [6.07, 6.45) is 2.84. The molecule has 2 unspecified atom stereocenters. The number of fused-ring (bicyclic) bond motifs is 1. The van der Waals surface area contributed by atoms with Crippen LogP contribution in [0.5, 0.6) is 0 Å². The molecule has 0 radical (unpaired) electrons. The second kappa shape index (κ2) is 9.42. The second-order valence-corrected chi connectivity index (χ2v) is 7.77. The molecule has 2 atom stereocenters. The Kier molecular flexibility index (Phi) is 6.96. The van der Waals surface area contributed by atoms with Gasteiger partial charge in [0.15, 0.2) is 5.96 Å². The number of benzene rings is 1. The van der Waals surface area contributed by atoms with Gasteiger partial charge >= 0.3 is 0 Å². The summed E-state index contributed by atoms with van der Waals surface area (Å²) in [5.74, 6) is 0.849. The molecule has 27 heavy (non-hydrogen) atoms. The number of hydrogen-bond donors (Lipinski definition) is 3. The summed E-state index contributed by atoms with van der Waals surface area (Å²) in [7, 11) is 0. The van der Waals surface area contributed by atoms with Crippen LogP contribution in [0.4, 0.5) is 5.69 Å². The topological polar surface area (TPSA) is 69.1 Å². The van der Waals surface area contributed by atoms with Crippen LogP contribution < -0.4 is 15.5 Å². The lowest BCUT2D eigenvalue weighted by atomic mass is 9.84. The zero-order chi connectivity index (χ0) is 19.1. The molecule has 2 aliphatic rings. The molecule has 3 rings (SSSR count). The number of para-hydroxylation sites is 1. The van der Waals surface area contributed by atoms with E-state index in [2.05, 4.69) is 53.6 Å². The molecule has 0 aromatic heterocycles. The highest BCUT2D eigenvalue weighted by Crippen LogP contribution is 2.33. The first-order chi connectivity index (χ1) is 13.2. The number of guanidine groups is 1. The standard InChI is InChI=1S/C21H34N4O2/c1-3-22-20(24-15-21(8-12-26)9-13-27-16-21)23-10-11-25-17(2)14-18-6-4-5-7-19(18)25/h4-7,17,26H,3,8-16H2,1-2H3,(H2,22,23,24). The van der Waals surface area contributed by atoms with Crippen LogP contribution in [0.1, 0.15) is 32.3 Å². The maximum atomic E-state index is 9.39. The van der Waals surface area contributed by atoms with Crippen molar-refractivity contribution in [3.05, 3.63) is 29.8 Å². The third-order valence-corrected chi connectivity index (χ3v) is 5.74. The van der Waals surface area contributed by atoms with Gasteiger partial charge in [0.2, 0.25) is 0 Å². The van der Waals surface area contributed by atoms with Crippen LogP contribution in [0.15, 0.2) is 29.3 Å². The van der Waals surface area contributed by atoms with E-state index in [1.165, 1.54) is 11.3 Å². The molecule has 2 heterocycles. The van der Waals surface area contributed by atoms with E-state index in [0.717, 1.165) is 51.5 Å². The van der Waals surface area contributed by atoms with Gasteiger partial charge in [0.1, 0.15) is 0 Å². The summed E-state index contributed by atoms with van der Waals surface area (Å²) < 4.78 is 5.57. The van der Waals surface area contributed by atoms with Crippen molar-refractivity contribution in [2.75, 3.05) is 50.9 Å². The van der Waals surface area contributed by atoms with Gasteiger partial charge in [-0.05, 0) is 44.7 Å². The first-order valence-corrected chi connectivity index (χ1v) is 10.2. The highest BCUT2D eigenvalue weighted by atomic mass is 16.5. The number of anilines is 1. The fraction of sp³-hybridized carbons (Fsp3) is 0.667. The smallest absolute Gasteiger partial charge is 0.191 e. The third kappa shape index (κ3) is 4.93. The molecule has 150 valence electrons. The first kappa shape index (κ1) is 20.0. The molecule has 1 aromatic rings. The fourth-order valence-corrected chi connectivity index (χ4v) is 4.14. The second-order valence-electron chi connectivity index (χ2n) is 7.77. The summed E-state index contributed by atoms with van der Waals surface area (Å²) in [5.41, 5.74) is 2.79. The van der Waals surface area contributed by atoms with Gasteiger partial charge in [0, 0.05) is 50.0 Å². The number of nitrogens with zero attached hydrogens (tertiary/aromatic N) is 2. The van der Waals surface area contributed by atoms with Crippen LogP contribution in [-0.2, 0) is 11.2 Å². The molecule has 1 aromatic carbocycles. The number of aliphatic hydroxyl groups excluding tert-OH is 1. The molecule has 6 heteroatoms. The number of hydrogen-bond acceptors (Lipinski definition) is 4. The van der Waals surface area contributed by atoms with Crippen molar-refractivity contribution in [1.82, 2.24) is 10.6 Å². The lowest BCUT2D eigenvalue weighted by molar-refractivity contribution is 0.131. The van der Waals surface area contributed by atoms with Gasteiger partial charge in [0.25, 0.3) is 0 Å². The molecule has 0 amide bonds. The molecule has 1 fully saturated rings. The third-order valence-electron chi connectivity index (χ3n) is 5.74. The molecule has 3 N–H and O–H groups in total. The predicted molar refractivity (Wildman–Crippen MR) is 111 cm³/mol. The van der Waals surface area contributed by atoms with Gasteiger partial charge in [0.05, 0.1) is 13.2 Å². The normalized spacial score (nSPS) is 24.9. The van der Waals surface area contributed by atoms with E-state index < -0.39 is 0 Å².